The van der Waals surface area contributed by atoms with Crippen molar-refractivity contribution in [1.82, 2.24) is 10.6 Å². The molecule has 0 aromatic carbocycles. The molecule has 0 heterocycles. The molecule has 17 heavy (non-hydrogen) atoms. The monoisotopic (exact) mass is 261 g/mol. The molecule has 0 saturated carbocycles. The molecule has 4 N–H and O–H groups in total. The Morgan fingerprint density at radius 2 is 1.94 bits per heavy atom. The van der Waals surface area contributed by atoms with Crippen LogP contribution in [-0.2, 0) is 9.53 Å². The van der Waals surface area contributed by atoms with Crippen molar-refractivity contribution < 1.29 is 14.3 Å². The number of rotatable bonds is 4. The molecule has 0 aromatic rings. The maximum Gasteiger partial charge on any atom is 0.408 e. The molecule has 0 fully saturated rings. The standard InChI is InChI=1S/C10H19N3O3S/c1-6(8(14)12-5-7(11)17)13-9(15)16-10(2,3)4/h6H,5H2,1-4H3,(H2,11,17)(H,12,14)(H,13,15). The second-order valence-electron chi connectivity index (χ2n) is 4.55. The average Bonchev–Trinajstić information content (AvgIpc) is 2.10. The van der Waals surface area contributed by atoms with E-state index in [0.29, 0.717) is 0 Å². The molecule has 0 aromatic heterocycles. The van der Waals surface area contributed by atoms with Crippen molar-refractivity contribution in [1.29, 1.82) is 0 Å². The molecule has 0 aliphatic carbocycles. The lowest BCUT2D eigenvalue weighted by Gasteiger charge is -2.21. The van der Waals surface area contributed by atoms with Crippen molar-refractivity contribution in [2.24, 2.45) is 5.73 Å². The van der Waals surface area contributed by atoms with Crippen LogP contribution in [0.2, 0.25) is 0 Å². The zero-order valence-corrected chi connectivity index (χ0v) is 11.3. The number of thiocarbonyl (C=S) groups is 1. The van der Waals surface area contributed by atoms with Crippen LogP contribution in [-0.4, -0.2) is 35.2 Å². The van der Waals surface area contributed by atoms with Crippen LogP contribution in [0.1, 0.15) is 27.7 Å². The van der Waals surface area contributed by atoms with Crippen LogP contribution in [0, 0.1) is 0 Å². The van der Waals surface area contributed by atoms with Gasteiger partial charge in [0.2, 0.25) is 5.91 Å². The number of nitrogens with two attached hydrogens (primary N) is 1. The highest BCUT2D eigenvalue weighted by Crippen LogP contribution is 2.06. The molecule has 0 saturated heterocycles. The van der Waals surface area contributed by atoms with Gasteiger partial charge in [-0.25, -0.2) is 4.79 Å². The van der Waals surface area contributed by atoms with Crippen LogP contribution in [0.15, 0.2) is 0 Å². The van der Waals surface area contributed by atoms with Gasteiger partial charge >= 0.3 is 6.09 Å². The Morgan fingerprint density at radius 1 is 1.41 bits per heavy atom. The third-order valence-electron chi connectivity index (χ3n) is 1.56. The Labute approximate surface area is 106 Å². The zero-order chi connectivity index (χ0) is 13.6. The van der Waals surface area contributed by atoms with Crippen molar-refractivity contribution in [3.63, 3.8) is 0 Å². The molecule has 98 valence electrons. The van der Waals surface area contributed by atoms with Crippen LogP contribution >= 0.6 is 12.2 Å². The van der Waals surface area contributed by atoms with Gasteiger partial charge in [0.15, 0.2) is 0 Å². The molecule has 0 bridgehead atoms. The third kappa shape index (κ3) is 8.44. The van der Waals surface area contributed by atoms with E-state index in [9.17, 15) is 9.59 Å². The quantitative estimate of drug-likeness (QED) is 0.633. The number of carbonyl (C=O) groups excluding carboxylic acids is 2. The molecule has 0 rings (SSSR count). The number of alkyl carbamates (subject to hydrolysis) is 1. The van der Waals surface area contributed by atoms with E-state index >= 15 is 0 Å². The maximum atomic E-state index is 11.5. The fraction of sp³-hybridized carbons (Fsp3) is 0.700. The van der Waals surface area contributed by atoms with E-state index in [4.69, 9.17) is 10.5 Å². The Bertz CT molecular complexity index is 312. The molecule has 6 nitrogen and oxygen atoms in total. The zero-order valence-electron chi connectivity index (χ0n) is 10.5. The Kier molecular flexibility index (Phi) is 5.87. The van der Waals surface area contributed by atoms with Crippen LogP contribution in [0.25, 0.3) is 0 Å². The van der Waals surface area contributed by atoms with Gasteiger partial charge in [-0.1, -0.05) is 12.2 Å². The molecular formula is C10H19N3O3S. The lowest BCUT2D eigenvalue weighted by molar-refractivity contribution is -0.122. The summed E-state index contributed by atoms with van der Waals surface area (Å²) in [6, 6.07) is -0.709. The molecule has 0 radical (unpaired) electrons. The van der Waals surface area contributed by atoms with Crippen molar-refractivity contribution >= 4 is 29.2 Å². The van der Waals surface area contributed by atoms with Crippen molar-refractivity contribution in [3.05, 3.63) is 0 Å². The van der Waals surface area contributed by atoms with Crippen molar-refractivity contribution in [2.75, 3.05) is 6.54 Å². The Morgan fingerprint density at radius 3 is 2.35 bits per heavy atom. The summed E-state index contributed by atoms with van der Waals surface area (Å²) in [4.78, 5) is 23.0. The van der Waals surface area contributed by atoms with Gasteiger partial charge in [-0.15, -0.1) is 0 Å². The number of hydrogen-bond acceptors (Lipinski definition) is 4. The van der Waals surface area contributed by atoms with Crippen molar-refractivity contribution in [3.8, 4) is 0 Å². The van der Waals surface area contributed by atoms with E-state index in [-0.39, 0.29) is 17.4 Å². The molecular weight excluding hydrogens is 242 g/mol. The lowest BCUT2D eigenvalue weighted by atomic mass is 10.2. The van der Waals surface area contributed by atoms with Crippen LogP contribution in [0.5, 0.6) is 0 Å². The summed E-state index contributed by atoms with van der Waals surface area (Å²) in [5.74, 6) is -0.372. The minimum Gasteiger partial charge on any atom is -0.444 e. The van der Waals surface area contributed by atoms with Crippen LogP contribution < -0.4 is 16.4 Å². The SMILES string of the molecule is CC(NC(=O)OC(C)(C)C)C(=O)NCC(N)=S. The van der Waals surface area contributed by atoms with Gasteiger partial charge < -0.3 is 21.1 Å². The van der Waals surface area contributed by atoms with Gasteiger partial charge in [0, 0.05) is 0 Å². The first kappa shape index (κ1) is 15.6. The summed E-state index contributed by atoms with van der Waals surface area (Å²) >= 11 is 4.61. The highest BCUT2D eigenvalue weighted by atomic mass is 32.1. The fourth-order valence-corrected chi connectivity index (χ4v) is 0.949. The number of hydrogen-bond donors (Lipinski definition) is 3. The first-order valence-electron chi connectivity index (χ1n) is 5.17. The van der Waals surface area contributed by atoms with E-state index in [1.807, 2.05) is 0 Å². The molecule has 0 spiro atoms. The lowest BCUT2D eigenvalue weighted by Crippen LogP contribution is -2.47. The molecule has 2 amide bonds. The minimum absolute atomic E-state index is 0.106. The predicted octanol–water partition coefficient (Wildman–Crippen LogP) is 0.302. The molecule has 0 aliphatic rings. The number of amides is 2. The number of carbonyl (C=O) groups is 2. The maximum absolute atomic E-state index is 11.5. The van der Waals surface area contributed by atoms with Crippen molar-refractivity contribution in [2.45, 2.75) is 39.3 Å². The van der Waals surface area contributed by atoms with Gasteiger partial charge in [-0.2, -0.15) is 0 Å². The average molecular weight is 261 g/mol. The van der Waals surface area contributed by atoms with E-state index in [1.165, 1.54) is 0 Å². The summed E-state index contributed by atoms with van der Waals surface area (Å²) in [6.07, 6.45) is -0.643. The Balaban J connectivity index is 4.08. The summed E-state index contributed by atoms with van der Waals surface area (Å²) in [5.41, 5.74) is 4.63. The minimum atomic E-state index is -0.709. The number of nitrogens with one attached hydrogen (secondary N) is 2. The van der Waals surface area contributed by atoms with E-state index in [2.05, 4.69) is 22.9 Å². The highest BCUT2D eigenvalue weighted by molar-refractivity contribution is 7.80. The van der Waals surface area contributed by atoms with Crippen LogP contribution in [0.3, 0.4) is 0 Å². The topological polar surface area (TPSA) is 93.4 Å². The van der Waals surface area contributed by atoms with Gasteiger partial charge in [0.1, 0.15) is 11.6 Å². The normalized spacial score (nSPS) is 12.5. The summed E-state index contributed by atoms with van der Waals surface area (Å²) in [7, 11) is 0. The summed E-state index contributed by atoms with van der Waals surface area (Å²) in [6.45, 7) is 6.87. The highest BCUT2D eigenvalue weighted by Gasteiger charge is 2.20. The van der Waals surface area contributed by atoms with Gasteiger partial charge in [0.25, 0.3) is 0 Å². The van der Waals surface area contributed by atoms with E-state index < -0.39 is 17.7 Å². The summed E-state index contributed by atoms with van der Waals surface area (Å²) < 4.78 is 5.00. The smallest absolute Gasteiger partial charge is 0.408 e. The second kappa shape index (κ2) is 6.39. The third-order valence-corrected chi connectivity index (χ3v) is 1.71. The second-order valence-corrected chi connectivity index (χ2v) is 5.08. The molecule has 7 heteroatoms. The molecule has 0 aliphatic heterocycles. The van der Waals surface area contributed by atoms with Crippen LogP contribution in [0.4, 0.5) is 4.79 Å². The molecule has 1 unspecified atom stereocenters. The van der Waals surface area contributed by atoms with Gasteiger partial charge in [0.05, 0.1) is 11.5 Å². The fourth-order valence-electron chi connectivity index (χ4n) is 0.877. The predicted molar refractivity (Wildman–Crippen MR) is 68.6 cm³/mol. The van der Waals surface area contributed by atoms with E-state index in [0.717, 1.165) is 0 Å². The Hall–Kier alpha value is -1.37. The van der Waals surface area contributed by atoms with Gasteiger partial charge in [-0.05, 0) is 27.7 Å². The largest absolute Gasteiger partial charge is 0.444 e. The first-order valence-corrected chi connectivity index (χ1v) is 5.58. The first-order chi connectivity index (χ1) is 7.61. The number of ether oxygens (including phenoxy) is 1. The molecule has 1 atom stereocenters. The van der Waals surface area contributed by atoms with E-state index in [1.54, 1.807) is 27.7 Å². The summed E-state index contributed by atoms with van der Waals surface area (Å²) in [5, 5.41) is 4.88. The van der Waals surface area contributed by atoms with Gasteiger partial charge in [-0.3, -0.25) is 4.79 Å².